The maximum atomic E-state index is 12.0. The van der Waals surface area contributed by atoms with E-state index in [-0.39, 0.29) is 5.63 Å². The van der Waals surface area contributed by atoms with E-state index in [1.807, 2.05) is 6.92 Å². The molecular formula is C22H22BrNO3. The Hall–Kier alpha value is -2.27. The summed E-state index contributed by atoms with van der Waals surface area (Å²) in [4.78, 5) is 14.2. The lowest BCUT2D eigenvalue weighted by atomic mass is 9.98. The molecule has 0 fully saturated rings. The fourth-order valence-corrected chi connectivity index (χ4v) is 4.36. The van der Waals surface area contributed by atoms with Gasteiger partial charge in [-0.3, -0.25) is 0 Å². The van der Waals surface area contributed by atoms with Crippen molar-refractivity contribution in [1.29, 1.82) is 0 Å². The number of nitrogens with zero attached hydrogens (tertiary/aromatic N) is 1. The van der Waals surface area contributed by atoms with Crippen LogP contribution in [0.25, 0.3) is 11.0 Å². The lowest BCUT2D eigenvalue weighted by Gasteiger charge is -2.33. The fraction of sp³-hybridized carbons (Fsp3) is 0.318. The van der Waals surface area contributed by atoms with Crippen molar-refractivity contribution < 1.29 is 9.15 Å². The van der Waals surface area contributed by atoms with Crippen molar-refractivity contribution >= 4 is 32.6 Å². The molecule has 0 radical (unpaired) electrons. The van der Waals surface area contributed by atoms with Crippen molar-refractivity contribution in [2.75, 3.05) is 11.6 Å². The summed E-state index contributed by atoms with van der Waals surface area (Å²) in [6.07, 6.45) is 1.84. The van der Waals surface area contributed by atoms with Crippen LogP contribution in [0.2, 0.25) is 0 Å². The number of ether oxygens (including phenoxy) is 1. The van der Waals surface area contributed by atoms with Crippen LogP contribution in [0.4, 0.5) is 5.69 Å². The maximum absolute atomic E-state index is 12.0. The van der Waals surface area contributed by atoms with Gasteiger partial charge in [0.05, 0.1) is 0 Å². The molecule has 0 saturated carbocycles. The first kappa shape index (κ1) is 18.1. The molecule has 0 spiro atoms. The predicted molar refractivity (Wildman–Crippen MR) is 112 cm³/mol. The quantitative estimate of drug-likeness (QED) is 0.518. The number of benzene rings is 2. The largest absolute Gasteiger partial charge is 0.472 e. The summed E-state index contributed by atoms with van der Waals surface area (Å²) in [7, 11) is 0. The number of fused-ring (bicyclic) bond motifs is 2. The van der Waals surface area contributed by atoms with E-state index in [1.54, 1.807) is 6.07 Å². The number of halogens is 1. The lowest BCUT2D eigenvalue weighted by Crippen LogP contribution is -2.32. The Bertz CT molecular complexity index is 1090. The van der Waals surface area contributed by atoms with Crippen LogP contribution in [0.1, 0.15) is 35.6 Å². The third-order valence-corrected chi connectivity index (χ3v) is 5.61. The molecule has 27 heavy (non-hydrogen) atoms. The van der Waals surface area contributed by atoms with Gasteiger partial charge in [-0.15, -0.1) is 0 Å². The Balaban J connectivity index is 1.82. The molecule has 4 rings (SSSR count). The fourth-order valence-electron chi connectivity index (χ4n) is 3.89. The molecule has 0 unspecified atom stereocenters. The molecule has 140 valence electrons. The summed E-state index contributed by atoms with van der Waals surface area (Å²) in [6, 6.07) is 10.0. The zero-order chi connectivity index (χ0) is 19.1. The Kier molecular flexibility index (Phi) is 4.72. The number of rotatable bonds is 3. The summed E-state index contributed by atoms with van der Waals surface area (Å²) in [5, 5.41) is 1.02. The van der Waals surface area contributed by atoms with Crippen molar-refractivity contribution in [3.05, 3.63) is 67.5 Å². The average Bonchev–Trinajstić information content (AvgIpc) is 2.63. The van der Waals surface area contributed by atoms with Crippen LogP contribution in [-0.4, -0.2) is 6.73 Å². The standard InChI is InChI=1S/C22H22BrNO3/c1-4-5-15-10-20(25)27-22-14(3)21-16(9-18(15)22)11-24(12-26-21)19-7-6-17(23)8-13(19)2/h6-10H,4-5,11-12H2,1-3H3. The molecule has 0 bridgehead atoms. The lowest BCUT2D eigenvalue weighted by molar-refractivity contribution is 0.287. The van der Waals surface area contributed by atoms with Crippen molar-refractivity contribution in [3.63, 3.8) is 0 Å². The summed E-state index contributed by atoms with van der Waals surface area (Å²) in [5.41, 5.74) is 5.80. The van der Waals surface area contributed by atoms with Crippen molar-refractivity contribution in [2.24, 2.45) is 0 Å². The van der Waals surface area contributed by atoms with Crippen LogP contribution in [0.3, 0.4) is 0 Å². The average molecular weight is 428 g/mol. The SMILES string of the molecule is CCCc1cc(=O)oc2c(C)c3c(cc12)CN(c1ccc(Br)cc1C)CO3. The molecule has 0 amide bonds. The first-order chi connectivity index (χ1) is 13.0. The van der Waals surface area contributed by atoms with Crippen LogP contribution in [0, 0.1) is 13.8 Å². The van der Waals surface area contributed by atoms with E-state index in [0.29, 0.717) is 12.3 Å². The Morgan fingerprint density at radius 1 is 1.19 bits per heavy atom. The first-order valence-electron chi connectivity index (χ1n) is 9.21. The van der Waals surface area contributed by atoms with Gasteiger partial charge < -0.3 is 14.1 Å². The second-order valence-corrected chi connectivity index (χ2v) is 8.03. The summed E-state index contributed by atoms with van der Waals surface area (Å²) in [6.45, 7) is 7.43. The highest BCUT2D eigenvalue weighted by Crippen LogP contribution is 2.37. The van der Waals surface area contributed by atoms with Crippen molar-refractivity contribution in [3.8, 4) is 5.75 Å². The molecular weight excluding hydrogens is 406 g/mol. The highest BCUT2D eigenvalue weighted by atomic mass is 79.9. The summed E-state index contributed by atoms with van der Waals surface area (Å²) >= 11 is 3.53. The maximum Gasteiger partial charge on any atom is 0.336 e. The smallest absolute Gasteiger partial charge is 0.336 e. The van der Waals surface area contributed by atoms with Crippen LogP contribution in [0.5, 0.6) is 5.75 Å². The van der Waals surface area contributed by atoms with Crippen LogP contribution in [-0.2, 0) is 13.0 Å². The van der Waals surface area contributed by atoms with E-state index in [0.717, 1.165) is 57.4 Å². The minimum Gasteiger partial charge on any atom is -0.472 e. The van der Waals surface area contributed by atoms with Gasteiger partial charge in [0, 0.05) is 39.3 Å². The van der Waals surface area contributed by atoms with E-state index in [1.165, 1.54) is 5.56 Å². The molecule has 3 aromatic rings. The van der Waals surface area contributed by atoms with E-state index >= 15 is 0 Å². The minimum absolute atomic E-state index is 0.295. The van der Waals surface area contributed by atoms with Crippen molar-refractivity contribution in [2.45, 2.75) is 40.2 Å². The molecule has 0 atom stereocenters. The molecule has 0 saturated heterocycles. The van der Waals surface area contributed by atoms with Gasteiger partial charge >= 0.3 is 5.63 Å². The van der Waals surface area contributed by atoms with Gasteiger partial charge in [-0.25, -0.2) is 4.79 Å². The molecule has 0 aliphatic carbocycles. The second-order valence-electron chi connectivity index (χ2n) is 7.11. The number of hydrogen-bond acceptors (Lipinski definition) is 4. The van der Waals surface area contributed by atoms with Crippen LogP contribution in [0.15, 0.2) is 44.0 Å². The monoisotopic (exact) mass is 427 g/mol. The summed E-state index contributed by atoms with van der Waals surface area (Å²) in [5.74, 6) is 0.838. The number of aryl methyl sites for hydroxylation is 3. The third-order valence-electron chi connectivity index (χ3n) is 5.12. The Labute approximate surface area is 166 Å². The van der Waals surface area contributed by atoms with Crippen LogP contribution >= 0.6 is 15.9 Å². The molecule has 5 heteroatoms. The van der Waals surface area contributed by atoms with E-state index in [4.69, 9.17) is 9.15 Å². The van der Waals surface area contributed by atoms with E-state index < -0.39 is 0 Å². The van der Waals surface area contributed by atoms with Gasteiger partial charge in [-0.2, -0.15) is 0 Å². The minimum atomic E-state index is -0.295. The molecule has 2 heterocycles. The van der Waals surface area contributed by atoms with Gasteiger partial charge in [0.2, 0.25) is 0 Å². The Morgan fingerprint density at radius 2 is 2.00 bits per heavy atom. The van der Waals surface area contributed by atoms with Gasteiger partial charge in [-0.1, -0.05) is 29.3 Å². The van der Waals surface area contributed by atoms with E-state index in [9.17, 15) is 4.79 Å². The Morgan fingerprint density at radius 3 is 2.74 bits per heavy atom. The highest BCUT2D eigenvalue weighted by molar-refractivity contribution is 9.10. The zero-order valence-electron chi connectivity index (χ0n) is 15.8. The molecule has 1 aromatic heterocycles. The zero-order valence-corrected chi connectivity index (χ0v) is 17.4. The number of anilines is 1. The second kappa shape index (κ2) is 7.04. The van der Waals surface area contributed by atoms with Crippen molar-refractivity contribution in [1.82, 2.24) is 0 Å². The highest BCUT2D eigenvalue weighted by Gasteiger charge is 2.24. The number of hydrogen-bond donors (Lipinski definition) is 0. The normalized spacial score (nSPS) is 13.6. The molecule has 4 nitrogen and oxygen atoms in total. The van der Waals surface area contributed by atoms with E-state index in [2.05, 4.69) is 58.9 Å². The first-order valence-corrected chi connectivity index (χ1v) is 10.0. The van der Waals surface area contributed by atoms with Gasteiger partial charge in [0.25, 0.3) is 0 Å². The summed E-state index contributed by atoms with van der Waals surface area (Å²) < 4.78 is 12.7. The molecule has 1 aliphatic heterocycles. The van der Waals surface area contributed by atoms with Gasteiger partial charge in [0.15, 0.2) is 6.73 Å². The third kappa shape index (κ3) is 3.25. The van der Waals surface area contributed by atoms with Gasteiger partial charge in [0.1, 0.15) is 11.3 Å². The van der Waals surface area contributed by atoms with Gasteiger partial charge in [-0.05, 0) is 55.7 Å². The molecule has 2 aromatic carbocycles. The van der Waals surface area contributed by atoms with Crippen LogP contribution < -0.4 is 15.3 Å². The predicted octanol–water partition coefficient (Wildman–Crippen LogP) is 5.48. The molecule has 1 aliphatic rings. The topological polar surface area (TPSA) is 42.7 Å². The molecule has 0 N–H and O–H groups in total.